The number of Topliss-reactive ketones (excluding diaryl/α,β-unsaturated/α-hetero) is 1. The Labute approximate surface area is 157 Å². The van der Waals surface area contributed by atoms with Crippen LogP contribution in [0, 0.1) is 16.7 Å². The average Bonchev–Trinajstić information content (AvgIpc) is 2.87. The molecule has 0 unspecified atom stereocenters. The van der Waals surface area contributed by atoms with Gasteiger partial charge in [0.15, 0.2) is 0 Å². The summed E-state index contributed by atoms with van der Waals surface area (Å²) in [5, 5.41) is 0. The molecule has 3 atom stereocenters. The summed E-state index contributed by atoms with van der Waals surface area (Å²) in [5.41, 5.74) is -1.89. The molecule has 1 aromatic carbocycles. The number of nitrogens with one attached hydrogen (secondary N) is 1. The predicted molar refractivity (Wildman–Crippen MR) is 95.3 cm³/mol. The monoisotopic (exact) mass is 403 g/mol. The first-order valence-electron chi connectivity index (χ1n) is 8.99. The van der Waals surface area contributed by atoms with E-state index in [2.05, 4.69) is 4.72 Å². The van der Waals surface area contributed by atoms with Gasteiger partial charge in [-0.3, -0.25) is 4.79 Å². The molecule has 4 nitrogen and oxygen atoms in total. The summed E-state index contributed by atoms with van der Waals surface area (Å²) in [7, 11) is -3.86. The van der Waals surface area contributed by atoms with Crippen molar-refractivity contribution in [2.45, 2.75) is 52.3 Å². The first-order valence-corrected chi connectivity index (χ1v) is 10.6. The smallest absolute Gasteiger partial charge is 0.299 e. The summed E-state index contributed by atoms with van der Waals surface area (Å²) in [6.45, 7) is 5.40. The number of fused-ring (bicyclic) bond motifs is 2. The second-order valence-corrected chi connectivity index (χ2v) is 10.1. The van der Waals surface area contributed by atoms with Crippen LogP contribution in [-0.4, -0.2) is 20.0 Å². The highest BCUT2D eigenvalue weighted by Gasteiger charge is 2.65. The van der Waals surface area contributed by atoms with E-state index in [-0.39, 0.29) is 23.0 Å². The SMILES string of the molecule is C[C@H](NS(=O)(=O)C[C@@]12CC[C@@H](CC1=O)C2(C)C)c1cccc(C(F)(F)F)c1. The van der Waals surface area contributed by atoms with E-state index in [1.54, 1.807) is 0 Å². The second-order valence-electron chi connectivity index (χ2n) is 8.39. The molecular formula is C19H24F3NO3S. The molecule has 0 heterocycles. The van der Waals surface area contributed by atoms with Crippen LogP contribution < -0.4 is 4.72 Å². The van der Waals surface area contributed by atoms with E-state index < -0.39 is 38.6 Å². The number of rotatable bonds is 5. The summed E-state index contributed by atoms with van der Waals surface area (Å²) in [4.78, 5) is 12.5. The molecule has 0 saturated heterocycles. The minimum absolute atomic E-state index is 0.0131. The van der Waals surface area contributed by atoms with Gasteiger partial charge in [-0.25, -0.2) is 13.1 Å². The van der Waals surface area contributed by atoms with E-state index in [4.69, 9.17) is 0 Å². The fourth-order valence-corrected chi connectivity index (χ4v) is 6.88. The third-order valence-electron chi connectivity index (χ3n) is 6.65. The second kappa shape index (κ2) is 6.30. The third kappa shape index (κ3) is 3.42. The summed E-state index contributed by atoms with van der Waals surface area (Å²) in [6, 6.07) is 3.78. The van der Waals surface area contributed by atoms with Gasteiger partial charge in [-0.05, 0) is 48.8 Å². The van der Waals surface area contributed by atoms with Crippen molar-refractivity contribution in [3.63, 3.8) is 0 Å². The van der Waals surface area contributed by atoms with E-state index in [9.17, 15) is 26.4 Å². The Morgan fingerprint density at radius 2 is 1.96 bits per heavy atom. The van der Waals surface area contributed by atoms with E-state index in [0.29, 0.717) is 12.8 Å². The molecule has 1 N–H and O–H groups in total. The van der Waals surface area contributed by atoms with Crippen molar-refractivity contribution in [2.24, 2.45) is 16.7 Å². The molecular weight excluding hydrogens is 379 g/mol. The van der Waals surface area contributed by atoms with Crippen LogP contribution in [-0.2, 0) is 21.0 Å². The van der Waals surface area contributed by atoms with E-state index >= 15 is 0 Å². The maximum Gasteiger partial charge on any atom is 0.416 e. The summed E-state index contributed by atoms with van der Waals surface area (Å²) in [6.07, 6.45) is -2.71. The zero-order valence-electron chi connectivity index (χ0n) is 15.6. The van der Waals surface area contributed by atoms with E-state index in [1.165, 1.54) is 19.1 Å². The zero-order valence-corrected chi connectivity index (χ0v) is 16.4. The van der Waals surface area contributed by atoms with Gasteiger partial charge >= 0.3 is 6.18 Å². The van der Waals surface area contributed by atoms with Crippen molar-refractivity contribution in [2.75, 3.05) is 5.75 Å². The number of carbonyl (C=O) groups excluding carboxylic acids is 1. The number of benzene rings is 1. The highest BCUT2D eigenvalue weighted by atomic mass is 32.2. The van der Waals surface area contributed by atoms with Crippen LogP contribution in [0.1, 0.15) is 57.2 Å². The van der Waals surface area contributed by atoms with Gasteiger partial charge in [0.1, 0.15) is 5.78 Å². The fourth-order valence-electron chi connectivity index (χ4n) is 4.80. The van der Waals surface area contributed by atoms with Gasteiger partial charge in [0.05, 0.1) is 11.3 Å². The van der Waals surface area contributed by atoms with Crippen LogP contribution in [0.15, 0.2) is 24.3 Å². The first kappa shape index (κ1) is 20.3. The summed E-state index contributed by atoms with van der Waals surface area (Å²) < 4.78 is 66.7. The standard InChI is InChI=1S/C19H24F3NO3S/c1-12(13-5-4-6-15(9-13)19(20,21)22)23-27(25,26)11-18-8-7-14(10-16(18)24)17(18,2)3/h4-6,9,12,14,23H,7-8,10-11H2,1-3H3/t12-,14-,18-/m0/s1. The van der Waals surface area contributed by atoms with Crippen LogP contribution in [0.3, 0.4) is 0 Å². The molecule has 0 aliphatic heterocycles. The van der Waals surface area contributed by atoms with E-state index in [0.717, 1.165) is 18.6 Å². The Morgan fingerprint density at radius 3 is 2.48 bits per heavy atom. The van der Waals surface area contributed by atoms with Crippen molar-refractivity contribution >= 4 is 15.8 Å². The number of hydrogen-bond donors (Lipinski definition) is 1. The minimum Gasteiger partial charge on any atom is -0.299 e. The Kier molecular flexibility index (Phi) is 4.75. The first-order chi connectivity index (χ1) is 12.3. The van der Waals surface area contributed by atoms with Crippen molar-refractivity contribution < 1.29 is 26.4 Å². The molecule has 2 fully saturated rings. The number of halogens is 3. The van der Waals surface area contributed by atoms with Crippen molar-refractivity contribution in [3.8, 4) is 0 Å². The Balaban J connectivity index is 1.80. The lowest BCUT2D eigenvalue weighted by Gasteiger charge is -2.36. The topological polar surface area (TPSA) is 63.2 Å². The van der Waals surface area contributed by atoms with Crippen LogP contribution in [0.25, 0.3) is 0 Å². The van der Waals surface area contributed by atoms with Crippen LogP contribution in [0.4, 0.5) is 13.2 Å². The van der Waals surface area contributed by atoms with Crippen molar-refractivity contribution in [3.05, 3.63) is 35.4 Å². The number of ketones is 1. The highest BCUT2D eigenvalue weighted by molar-refractivity contribution is 7.89. The van der Waals surface area contributed by atoms with Gasteiger partial charge in [-0.1, -0.05) is 26.0 Å². The number of sulfonamides is 1. The molecule has 0 aromatic heterocycles. The van der Waals surface area contributed by atoms with Gasteiger partial charge in [0.2, 0.25) is 10.0 Å². The summed E-state index contributed by atoms with van der Waals surface area (Å²) in [5.74, 6) is -0.132. The molecule has 8 heteroatoms. The molecule has 0 radical (unpaired) electrons. The predicted octanol–water partition coefficient (Wildman–Crippen LogP) is 4.08. The molecule has 2 saturated carbocycles. The third-order valence-corrected chi connectivity index (χ3v) is 8.23. The van der Waals surface area contributed by atoms with Gasteiger partial charge in [-0.2, -0.15) is 13.2 Å². The fraction of sp³-hybridized carbons (Fsp3) is 0.632. The maximum atomic E-state index is 12.9. The Morgan fingerprint density at radius 1 is 1.30 bits per heavy atom. The van der Waals surface area contributed by atoms with Gasteiger partial charge in [-0.15, -0.1) is 0 Å². The van der Waals surface area contributed by atoms with Crippen molar-refractivity contribution in [1.82, 2.24) is 4.72 Å². The molecule has 150 valence electrons. The van der Waals surface area contributed by atoms with Gasteiger partial charge in [0.25, 0.3) is 0 Å². The Hall–Kier alpha value is -1.41. The zero-order chi connectivity index (χ0) is 20.3. The number of hydrogen-bond acceptors (Lipinski definition) is 3. The lowest BCUT2D eigenvalue weighted by Crippen LogP contribution is -2.45. The number of carbonyl (C=O) groups is 1. The van der Waals surface area contributed by atoms with Gasteiger partial charge in [0, 0.05) is 17.9 Å². The molecule has 0 amide bonds. The minimum atomic E-state index is -4.49. The molecule has 2 bridgehead atoms. The highest BCUT2D eigenvalue weighted by Crippen LogP contribution is 2.64. The van der Waals surface area contributed by atoms with Crippen LogP contribution in [0.2, 0.25) is 0 Å². The molecule has 2 aliphatic carbocycles. The summed E-state index contributed by atoms with van der Waals surface area (Å²) >= 11 is 0. The lowest BCUT2D eigenvalue weighted by molar-refractivity contribution is -0.137. The quantitative estimate of drug-likeness (QED) is 0.806. The molecule has 2 aliphatic rings. The number of alkyl halides is 3. The lowest BCUT2D eigenvalue weighted by atomic mass is 9.70. The maximum absolute atomic E-state index is 12.9. The van der Waals surface area contributed by atoms with Crippen LogP contribution in [0.5, 0.6) is 0 Å². The molecule has 3 rings (SSSR count). The Bertz CT molecular complexity index is 863. The molecule has 27 heavy (non-hydrogen) atoms. The molecule has 0 spiro atoms. The van der Waals surface area contributed by atoms with Gasteiger partial charge < -0.3 is 0 Å². The van der Waals surface area contributed by atoms with Crippen molar-refractivity contribution in [1.29, 1.82) is 0 Å². The normalized spacial score (nSPS) is 28.5. The largest absolute Gasteiger partial charge is 0.416 e. The average molecular weight is 403 g/mol. The molecule has 1 aromatic rings. The van der Waals surface area contributed by atoms with E-state index in [1.807, 2.05) is 13.8 Å². The van der Waals surface area contributed by atoms with Crippen LogP contribution >= 0.6 is 0 Å².